The van der Waals surface area contributed by atoms with Crippen LogP contribution in [0.2, 0.25) is 0 Å². The molecular weight excluding hydrogens is 460 g/mol. The topological polar surface area (TPSA) is 112 Å². The molecule has 0 spiro atoms. The Balaban J connectivity index is 1.48. The summed E-state index contributed by atoms with van der Waals surface area (Å²) in [6.07, 6.45) is 9.10. The van der Waals surface area contributed by atoms with Crippen molar-refractivity contribution < 1.29 is 14.3 Å². The third-order valence-corrected chi connectivity index (χ3v) is 6.64. The Morgan fingerprint density at radius 2 is 2.11 bits per heavy atom. The number of benzene rings is 1. The quantitative estimate of drug-likeness (QED) is 0.426. The number of methoxy groups -OCH3 is 1. The molecule has 36 heavy (non-hydrogen) atoms. The van der Waals surface area contributed by atoms with Crippen LogP contribution in [0.15, 0.2) is 43.0 Å². The molecule has 0 unspecified atom stereocenters. The molecule has 0 radical (unpaired) electrons. The lowest BCUT2D eigenvalue weighted by atomic mass is 9.96. The van der Waals surface area contributed by atoms with E-state index in [0.29, 0.717) is 19.5 Å². The van der Waals surface area contributed by atoms with Crippen molar-refractivity contribution in [1.82, 2.24) is 34.4 Å². The van der Waals surface area contributed by atoms with Gasteiger partial charge < -0.3 is 14.6 Å². The summed E-state index contributed by atoms with van der Waals surface area (Å²) in [4.78, 5) is 32.2. The van der Waals surface area contributed by atoms with Gasteiger partial charge in [0.2, 0.25) is 5.91 Å². The Hall–Kier alpha value is -4.15. The summed E-state index contributed by atoms with van der Waals surface area (Å²) in [6, 6.07) is 5.80. The SMILES string of the molecule is COC(=O)N1c2ccc3c(nc(CCn4cccn4)n3CC(=O)NCc3cnn(C)c3)c2CC[C@@H]1C. The highest BCUT2D eigenvalue weighted by Crippen LogP contribution is 2.36. The van der Waals surface area contributed by atoms with Crippen molar-refractivity contribution in [2.45, 2.75) is 51.9 Å². The van der Waals surface area contributed by atoms with Crippen LogP contribution in [-0.4, -0.2) is 54.3 Å². The second-order valence-electron chi connectivity index (χ2n) is 9.09. The molecule has 0 saturated carbocycles. The lowest BCUT2D eigenvalue weighted by molar-refractivity contribution is -0.121. The van der Waals surface area contributed by atoms with Crippen LogP contribution in [0.25, 0.3) is 11.0 Å². The van der Waals surface area contributed by atoms with Gasteiger partial charge >= 0.3 is 6.09 Å². The van der Waals surface area contributed by atoms with E-state index in [-0.39, 0.29) is 24.6 Å². The molecule has 1 N–H and O–H groups in total. The molecule has 0 bridgehead atoms. The van der Waals surface area contributed by atoms with Crippen molar-refractivity contribution in [2.24, 2.45) is 7.05 Å². The first-order valence-corrected chi connectivity index (χ1v) is 12.0. The van der Waals surface area contributed by atoms with Crippen LogP contribution in [0.3, 0.4) is 0 Å². The van der Waals surface area contributed by atoms with E-state index in [1.54, 1.807) is 22.0 Å². The van der Waals surface area contributed by atoms with Crippen molar-refractivity contribution in [2.75, 3.05) is 12.0 Å². The predicted molar refractivity (Wildman–Crippen MR) is 133 cm³/mol. The summed E-state index contributed by atoms with van der Waals surface area (Å²) >= 11 is 0. The van der Waals surface area contributed by atoms with Crippen LogP contribution in [-0.2, 0) is 49.1 Å². The summed E-state index contributed by atoms with van der Waals surface area (Å²) in [5.74, 6) is 0.690. The number of rotatable bonds is 7. The number of hydrogen-bond acceptors (Lipinski definition) is 6. The number of fused-ring (bicyclic) bond motifs is 3. The molecule has 0 aliphatic carbocycles. The van der Waals surface area contributed by atoms with Crippen LogP contribution in [0.5, 0.6) is 0 Å². The van der Waals surface area contributed by atoms with Crippen molar-refractivity contribution >= 4 is 28.7 Å². The van der Waals surface area contributed by atoms with Crippen molar-refractivity contribution in [3.05, 3.63) is 59.9 Å². The second kappa shape index (κ2) is 9.84. The summed E-state index contributed by atoms with van der Waals surface area (Å²) in [7, 11) is 3.24. The first-order chi connectivity index (χ1) is 17.4. The van der Waals surface area contributed by atoms with E-state index in [1.807, 2.05) is 53.8 Å². The Kier molecular flexibility index (Phi) is 6.45. The summed E-state index contributed by atoms with van der Waals surface area (Å²) < 4.78 is 10.6. The molecule has 1 aliphatic heterocycles. The zero-order chi connectivity index (χ0) is 25.2. The number of carbonyl (C=O) groups excluding carboxylic acids is 2. The standard InChI is InChI=1S/C25H30N8O3/c1-17-5-6-19-20(33(17)25(35)36-3)7-8-21-24(19)29-22(9-12-31-11-4-10-27-31)32(21)16-23(34)26-13-18-14-28-30(2)15-18/h4,7-8,10-11,14-15,17H,5-6,9,12-13,16H2,1-3H3,(H,26,34)/t17-/m0/s1. The summed E-state index contributed by atoms with van der Waals surface area (Å²) in [5.41, 5.74) is 4.46. The zero-order valence-electron chi connectivity index (χ0n) is 20.7. The van der Waals surface area contributed by atoms with E-state index in [0.717, 1.165) is 46.5 Å². The van der Waals surface area contributed by atoms with Gasteiger partial charge in [-0.2, -0.15) is 10.2 Å². The third kappa shape index (κ3) is 4.56. The van der Waals surface area contributed by atoms with Crippen LogP contribution < -0.4 is 10.2 Å². The van der Waals surface area contributed by atoms with Crippen molar-refractivity contribution in [3.63, 3.8) is 0 Å². The van der Waals surface area contributed by atoms with Crippen LogP contribution in [0, 0.1) is 0 Å². The minimum Gasteiger partial charge on any atom is -0.452 e. The highest BCUT2D eigenvalue weighted by molar-refractivity contribution is 5.95. The molecule has 3 aromatic heterocycles. The number of nitrogens with one attached hydrogen (secondary N) is 1. The van der Waals surface area contributed by atoms with Crippen LogP contribution in [0.1, 0.15) is 30.3 Å². The molecule has 2 amide bonds. The number of anilines is 1. The van der Waals surface area contributed by atoms with Crippen LogP contribution in [0.4, 0.5) is 10.5 Å². The highest BCUT2D eigenvalue weighted by atomic mass is 16.5. The molecule has 188 valence electrons. The molecule has 1 aliphatic rings. The molecule has 1 atom stereocenters. The Labute approximate surface area is 208 Å². The number of aryl methyl sites for hydroxylation is 4. The lowest BCUT2D eigenvalue weighted by Crippen LogP contribution is -2.42. The van der Waals surface area contributed by atoms with Gasteiger partial charge in [0.25, 0.3) is 0 Å². The molecule has 5 rings (SSSR count). The number of hydrogen-bond donors (Lipinski definition) is 1. The van der Waals surface area contributed by atoms with Gasteiger partial charge in [0.05, 0.1) is 30.0 Å². The second-order valence-corrected chi connectivity index (χ2v) is 9.09. The minimum atomic E-state index is -0.379. The maximum Gasteiger partial charge on any atom is 0.414 e. The van der Waals surface area contributed by atoms with Gasteiger partial charge in [0, 0.05) is 62.3 Å². The van der Waals surface area contributed by atoms with Gasteiger partial charge in [-0.3, -0.25) is 19.1 Å². The molecule has 4 heterocycles. The Morgan fingerprint density at radius 3 is 2.83 bits per heavy atom. The maximum atomic E-state index is 13.0. The Bertz CT molecular complexity index is 1390. The van der Waals surface area contributed by atoms with E-state index in [2.05, 4.69) is 15.5 Å². The number of nitrogens with zero attached hydrogens (tertiary/aromatic N) is 7. The maximum absolute atomic E-state index is 13.0. The lowest BCUT2D eigenvalue weighted by Gasteiger charge is -2.34. The largest absolute Gasteiger partial charge is 0.452 e. The number of amides is 2. The monoisotopic (exact) mass is 490 g/mol. The van der Waals surface area contributed by atoms with E-state index < -0.39 is 0 Å². The van der Waals surface area contributed by atoms with Gasteiger partial charge in [-0.15, -0.1) is 0 Å². The number of imidazole rings is 1. The van der Waals surface area contributed by atoms with Gasteiger partial charge in [-0.05, 0) is 38.0 Å². The fraction of sp³-hybridized carbons (Fsp3) is 0.400. The molecule has 11 heteroatoms. The van der Waals surface area contributed by atoms with Crippen molar-refractivity contribution in [3.8, 4) is 0 Å². The van der Waals surface area contributed by atoms with E-state index in [9.17, 15) is 9.59 Å². The smallest absolute Gasteiger partial charge is 0.414 e. The molecule has 0 saturated heterocycles. The molecular formula is C25H30N8O3. The average Bonchev–Trinajstić information content (AvgIpc) is 3.61. The first kappa shape index (κ1) is 23.6. The first-order valence-electron chi connectivity index (χ1n) is 12.0. The minimum absolute atomic E-state index is 0.0297. The molecule has 0 fully saturated rings. The van der Waals surface area contributed by atoms with E-state index in [4.69, 9.17) is 9.72 Å². The number of aromatic nitrogens is 6. The summed E-state index contributed by atoms with van der Waals surface area (Å²) in [5, 5.41) is 11.4. The Morgan fingerprint density at radius 1 is 1.25 bits per heavy atom. The predicted octanol–water partition coefficient (Wildman–Crippen LogP) is 2.43. The number of ether oxygens (including phenoxy) is 1. The zero-order valence-corrected chi connectivity index (χ0v) is 20.7. The molecule has 11 nitrogen and oxygen atoms in total. The van der Waals surface area contributed by atoms with Gasteiger partial charge in [-0.1, -0.05) is 0 Å². The number of carbonyl (C=O) groups is 2. The van der Waals surface area contributed by atoms with Gasteiger partial charge in [-0.25, -0.2) is 9.78 Å². The normalized spacial score (nSPS) is 15.2. The third-order valence-electron chi connectivity index (χ3n) is 6.64. The summed E-state index contributed by atoms with van der Waals surface area (Å²) in [6.45, 7) is 3.20. The average molecular weight is 491 g/mol. The highest BCUT2D eigenvalue weighted by Gasteiger charge is 2.31. The fourth-order valence-electron chi connectivity index (χ4n) is 4.83. The van der Waals surface area contributed by atoms with Gasteiger partial charge in [0.1, 0.15) is 12.4 Å². The van der Waals surface area contributed by atoms with E-state index >= 15 is 0 Å². The molecule has 1 aromatic carbocycles. The van der Waals surface area contributed by atoms with E-state index in [1.165, 1.54) is 7.11 Å². The van der Waals surface area contributed by atoms with Crippen molar-refractivity contribution in [1.29, 1.82) is 0 Å². The van der Waals surface area contributed by atoms with Gasteiger partial charge in [0.15, 0.2) is 0 Å². The molecule has 4 aromatic rings. The van der Waals surface area contributed by atoms with Crippen LogP contribution >= 0.6 is 0 Å². The fourth-order valence-corrected chi connectivity index (χ4v) is 4.83.